The summed E-state index contributed by atoms with van der Waals surface area (Å²) in [4.78, 5) is 0. The van der Waals surface area contributed by atoms with Crippen LogP contribution in [0.2, 0.25) is 5.02 Å². The fraction of sp³-hybridized carbons (Fsp3) is 0.500. The van der Waals surface area contributed by atoms with Gasteiger partial charge >= 0.3 is 0 Å². The van der Waals surface area contributed by atoms with Gasteiger partial charge in [-0.3, -0.25) is 0 Å². The highest BCUT2D eigenvalue weighted by Crippen LogP contribution is 2.35. The molecule has 0 bridgehead atoms. The lowest BCUT2D eigenvalue weighted by Crippen LogP contribution is -2.11. The lowest BCUT2D eigenvalue weighted by atomic mass is 10.0. The minimum absolute atomic E-state index is 0.295. The van der Waals surface area contributed by atoms with Crippen LogP contribution >= 0.6 is 11.6 Å². The topological polar surface area (TPSA) is 9.23 Å². The van der Waals surface area contributed by atoms with Gasteiger partial charge in [0.2, 0.25) is 0 Å². The first-order chi connectivity index (χ1) is 7.20. The van der Waals surface area contributed by atoms with E-state index >= 15 is 0 Å². The summed E-state index contributed by atoms with van der Waals surface area (Å²) in [5.74, 6) is 0.0541. The van der Waals surface area contributed by atoms with Gasteiger partial charge in [-0.25, -0.2) is 4.39 Å². The zero-order valence-electron chi connectivity index (χ0n) is 9.36. The largest absolute Gasteiger partial charge is 0.490 e. The summed E-state index contributed by atoms with van der Waals surface area (Å²) in [6, 6.07) is 1.42. The second-order valence-electron chi connectivity index (χ2n) is 3.25. The standard InChI is InChI=1S/C10H10ClFO.C2H6/c1-6-5-8(12)10-7(9(6)11)3-2-4-13-10;1-2/h5H,2-4H2,1H3;1-2H3. The molecular weight excluding hydrogens is 215 g/mol. The van der Waals surface area contributed by atoms with Crippen molar-refractivity contribution in [3.8, 4) is 5.75 Å². The predicted molar refractivity (Wildman–Crippen MR) is 61.3 cm³/mol. The molecule has 0 saturated heterocycles. The van der Waals surface area contributed by atoms with Crippen LogP contribution in [0.15, 0.2) is 6.07 Å². The van der Waals surface area contributed by atoms with Crippen LogP contribution in [0.4, 0.5) is 4.39 Å². The van der Waals surface area contributed by atoms with E-state index in [0.29, 0.717) is 17.4 Å². The molecule has 0 aliphatic carbocycles. The second kappa shape index (κ2) is 5.36. The van der Waals surface area contributed by atoms with Gasteiger partial charge in [0.25, 0.3) is 0 Å². The molecule has 0 saturated carbocycles. The normalized spacial score (nSPS) is 13.4. The van der Waals surface area contributed by atoms with E-state index in [0.717, 1.165) is 24.0 Å². The zero-order chi connectivity index (χ0) is 11.4. The first kappa shape index (κ1) is 12.3. The monoisotopic (exact) mass is 230 g/mol. The van der Waals surface area contributed by atoms with Gasteiger partial charge in [-0.1, -0.05) is 25.4 Å². The number of rotatable bonds is 0. The molecular formula is C12H16ClFO. The summed E-state index contributed by atoms with van der Waals surface area (Å²) in [6.45, 7) is 6.39. The number of ether oxygens (including phenoxy) is 1. The molecule has 1 aliphatic heterocycles. The minimum atomic E-state index is -0.295. The smallest absolute Gasteiger partial charge is 0.165 e. The maximum atomic E-state index is 13.3. The van der Waals surface area contributed by atoms with E-state index in [1.165, 1.54) is 6.07 Å². The zero-order valence-corrected chi connectivity index (χ0v) is 10.1. The van der Waals surface area contributed by atoms with Crippen molar-refractivity contribution in [3.05, 3.63) is 28.0 Å². The van der Waals surface area contributed by atoms with Gasteiger partial charge in [0.1, 0.15) is 0 Å². The summed E-state index contributed by atoms with van der Waals surface area (Å²) < 4.78 is 18.6. The number of halogens is 2. The SMILES string of the molecule is CC.Cc1cc(F)c2c(c1Cl)CCCO2. The molecule has 1 aromatic rings. The highest BCUT2D eigenvalue weighted by molar-refractivity contribution is 6.32. The molecule has 1 aromatic carbocycles. The van der Waals surface area contributed by atoms with Gasteiger partial charge in [0, 0.05) is 5.56 Å². The number of hydrogen-bond acceptors (Lipinski definition) is 1. The molecule has 3 heteroatoms. The molecule has 0 amide bonds. The van der Waals surface area contributed by atoms with Crippen molar-refractivity contribution in [2.24, 2.45) is 0 Å². The first-order valence-electron chi connectivity index (χ1n) is 5.30. The number of hydrogen-bond donors (Lipinski definition) is 0. The summed E-state index contributed by atoms with van der Waals surface area (Å²) in [5, 5.41) is 0.649. The van der Waals surface area contributed by atoms with Gasteiger partial charge in [-0.15, -0.1) is 0 Å². The first-order valence-corrected chi connectivity index (χ1v) is 5.68. The van der Waals surface area contributed by atoms with Crippen molar-refractivity contribution in [1.29, 1.82) is 0 Å². The Labute approximate surface area is 95.2 Å². The third-order valence-electron chi connectivity index (χ3n) is 2.26. The van der Waals surface area contributed by atoms with E-state index in [9.17, 15) is 4.39 Å². The van der Waals surface area contributed by atoms with Crippen LogP contribution in [-0.4, -0.2) is 6.61 Å². The average Bonchev–Trinajstić information content (AvgIpc) is 2.29. The average molecular weight is 231 g/mol. The van der Waals surface area contributed by atoms with Gasteiger partial charge in [-0.05, 0) is 31.4 Å². The molecule has 0 aromatic heterocycles. The Hall–Kier alpha value is -0.760. The predicted octanol–water partition coefficient (Wildman–Crippen LogP) is 4.14. The lowest BCUT2D eigenvalue weighted by Gasteiger charge is -2.19. The maximum Gasteiger partial charge on any atom is 0.165 e. The highest BCUT2D eigenvalue weighted by Gasteiger charge is 2.19. The van der Waals surface area contributed by atoms with Gasteiger partial charge in [-0.2, -0.15) is 0 Å². The second-order valence-corrected chi connectivity index (χ2v) is 3.63. The molecule has 1 aliphatic rings. The molecule has 2 rings (SSSR count). The fourth-order valence-electron chi connectivity index (χ4n) is 1.60. The Morgan fingerprint density at radius 2 is 2.07 bits per heavy atom. The lowest BCUT2D eigenvalue weighted by molar-refractivity contribution is 0.273. The Balaban J connectivity index is 0.000000531. The molecule has 0 N–H and O–H groups in total. The third-order valence-corrected chi connectivity index (χ3v) is 2.79. The van der Waals surface area contributed by atoms with E-state index in [4.69, 9.17) is 16.3 Å². The quantitative estimate of drug-likeness (QED) is 0.651. The molecule has 84 valence electrons. The highest BCUT2D eigenvalue weighted by atomic mass is 35.5. The molecule has 1 heterocycles. The van der Waals surface area contributed by atoms with Crippen molar-refractivity contribution in [1.82, 2.24) is 0 Å². The van der Waals surface area contributed by atoms with Crippen LogP contribution in [0.1, 0.15) is 31.4 Å². The van der Waals surface area contributed by atoms with Gasteiger partial charge < -0.3 is 4.74 Å². The van der Waals surface area contributed by atoms with E-state index < -0.39 is 0 Å². The molecule has 1 nitrogen and oxygen atoms in total. The molecule has 0 atom stereocenters. The van der Waals surface area contributed by atoms with Crippen LogP contribution in [0, 0.1) is 12.7 Å². The van der Waals surface area contributed by atoms with Crippen molar-refractivity contribution in [2.75, 3.05) is 6.61 Å². The fourth-order valence-corrected chi connectivity index (χ4v) is 1.84. The van der Waals surface area contributed by atoms with E-state index in [-0.39, 0.29) is 5.82 Å². The molecule has 0 fully saturated rings. The van der Waals surface area contributed by atoms with E-state index in [2.05, 4.69) is 0 Å². The Morgan fingerprint density at radius 1 is 1.40 bits per heavy atom. The van der Waals surface area contributed by atoms with Crippen LogP contribution in [0.25, 0.3) is 0 Å². The number of aryl methyl sites for hydroxylation is 1. The molecule has 0 radical (unpaired) electrons. The van der Waals surface area contributed by atoms with Gasteiger partial charge in [0.05, 0.1) is 11.6 Å². The van der Waals surface area contributed by atoms with Crippen molar-refractivity contribution in [3.63, 3.8) is 0 Å². The van der Waals surface area contributed by atoms with Crippen LogP contribution in [0.3, 0.4) is 0 Å². The number of benzene rings is 1. The minimum Gasteiger partial charge on any atom is -0.490 e. The summed E-state index contributed by atoms with van der Waals surface area (Å²) in [7, 11) is 0. The van der Waals surface area contributed by atoms with E-state index in [1.807, 2.05) is 13.8 Å². The van der Waals surface area contributed by atoms with Crippen molar-refractivity contribution < 1.29 is 9.13 Å². The molecule has 0 spiro atoms. The van der Waals surface area contributed by atoms with E-state index in [1.54, 1.807) is 6.92 Å². The Bertz CT molecular complexity index is 350. The van der Waals surface area contributed by atoms with Crippen molar-refractivity contribution in [2.45, 2.75) is 33.6 Å². The maximum absolute atomic E-state index is 13.3. The van der Waals surface area contributed by atoms with Crippen molar-refractivity contribution >= 4 is 11.6 Å². The Kier molecular flexibility index (Phi) is 4.40. The molecule has 15 heavy (non-hydrogen) atoms. The Morgan fingerprint density at radius 3 is 2.73 bits per heavy atom. The summed E-state index contributed by atoms with van der Waals surface area (Å²) >= 11 is 6.04. The summed E-state index contributed by atoms with van der Waals surface area (Å²) in [5.41, 5.74) is 1.61. The van der Waals surface area contributed by atoms with Crippen LogP contribution in [-0.2, 0) is 6.42 Å². The summed E-state index contributed by atoms with van der Waals surface area (Å²) in [6.07, 6.45) is 1.72. The third kappa shape index (κ3) is 2.43. The molecule has 0 unspecified atom stereocenters. The van der Waals surface area contributed by atoms with Gasteiger partial charge in [0.15, 0.2) is 11.6 Å². The van der Waals surface area contributed by atoms with Crippen LogP contribution in [0.5, 0.6) is 5.75 Å². The van der Waals surface area contributed by atoms with Crippen LogP contribution < -0.4 is 4.74 Å². The number of fused-ring (bicyclic) bond motifs is 1.